The summed E-state index contributed by atoms with van der Waals surface area (Å²) in [6.45, 7) is 5.90. The van der Waals surface area contributed by atoms with E-state index in [-0.39, 0.29) is 6.23 Å². The van der Waals surface area contributed by atoms with Gasteiger partial charge < -0.3 is 14.9 Å². The summed E-state index contributed by atoms with van der Waals surface area (Å²) in [6, 6.07) is 0. The zero-order valence-electron chi connectivity index (χ0n) is 7.90. The molecule has 1 unspecified atom stereocenters. The SMILES string of the molecule is CCCCN1C=CN(C(C)O)C1. The van der Waals surface area contributed by atoms with Gasteiger partial charge in [0.15, 0.2) is 0 Å². The minimum Gasteiger partial charge on any atom is -0.374 e. The summed E-state index contributed by atoms with van der Waals surface area (Å²) in [5.74, 6) is 0. The fraction of sp³-hybridized carbons (Fsp3) is 0.778. The van der Waals surface area contributed by atoms with E-state index in [1.54, 1.807) is 6.92 Å². The Balaban J connectivity index is 2.23. The number of rotatable bonds is 4. The molecule has 0 aromatic rings. The van der Waals surface area contributed by atoms with E-state index in [9.17, 15) is 5.11 Å². The molecular formula is C9H18N2O. The lowest BCUT2D eigenvalue weighted by molar-refractivity contribution is 0.0409. The normalized spacial score (nSPS) is 18.9. The van der Waals surface area contributed by atoms with Gasteiger partial charge in [-0.25, -0.2) is 0 Å². The molecule has 12 heavy (non-hydrogen) atoms. The number of hydrogen-bond donors (Lipinski definition) is 1. The van der Waals surface area contributed by atoms with Crippen molar-refractivity contribution in [1.29, 1.82) is 0 Å². The molecule has 0 saturated heterocycles. The van der Waals surface area contributed by atoms with E-state index in [0.29, 0.717) is 0 Å². The van der Waals surface area contributed by atoms with E-state index < -0.39 is 0 Å². The molecule has 1 heterocycles. The monoisotopic (exact) mass is 170 g/mol. The molecule has 1 rings (SSSR count). The summed E-state index contributed by atoms with van der Waals surface area (Å²) in [4.78, 5) is 4.13. The predicted molar refractivity (Wildman–Crippen MR) is 49.1 cm³/mol. The van der Waals surface area contributed by atoms with Crippen molar-refractivity contribution in [3.63, 3.8) is 0 Å². The van der Waals surface area contributed by atoms with E-state index in [4.69, 9.17) is 0 Å². The van der Waals surface area contributed by atoms with Crippen LogP contribution in [0.5, 0.6) is 0 Å². The van der Waals surface area contributed by atoms with Gasteiger partial charge in [0.05, 0.1) is 6.67 Å². The second-order valence-electron chi connectivity index (χ2n) is 3.25. The van der Waals surface area contributed by atoms with Crippen LogP contribution in [0.4, 0.5) is 0 Å². The number of hydrogen-bond acceptors (Lipinski definition) is 3. The fourth-order valence-corrected chi connectivity index (χ4v) is 1.23. The first-order valence-corrected chi connectivity index (χ1v) is 4.60. The maximum absolute atomic E-state index is 9.24. The van der Waals surface area contributed by atoms with Crippen LogP contribution in [0.15, 0.2) is 12.4 Å². The quantitative estimate of drug-likeness (QED) is 0.686. The number of aliphatic hydroxyl groups is 1. The Kier molecular flexibility index (Phi) is 3.41. The van der Waals surface area contributed by atoms with Crippen LogP contribution in [0, 0.1) is 0 Å². The lowest BCUT2D eigenvalue weighted by atomic mass is 10.3. The van der Waals surface area contributed by atoms with Crippen LogP contribution in [0.25, 0.3) is 0 Å². The minimum atomic E-state index is -0.368. The minimum absolute atomic E-state index is 0.368. The Morgan fingerprint density at radius 1 is 1.50 bits per heavy atom. The highest BCUT2D eigenvalue weighted by Crippen LogP contribution is 2.09. The van der Waals surface area contributed by atoms with Gasteiger partial charge in [-0.1, -0.05) is 13.3 Å². The Morgan fingerprint density at radius 2 is 2.25 bits per heavy atom. The molecule has 0 spiro atoms. The molecule has 1 aliphatic rings. The van der Waals surface area contributed by atoms with Crippen molar-refractivity contribution in [3.8, 4) is 0 Å². The zero-order valence-corrected chi connectivity index (χ0v) is 7.90. The van der Waals surface area contributed by atoms with Gasteiger partial charge in [-0.2, -0.15) is 0 Å². The Hall–Kier alpha value is -0.700. The van der Waals surface area contributed by atoms with E-state index in [2.05, 4.69) is 11.8 Å². The molecule has 0 aliphatic carbocycles. The van der Waals surface area contributed by atoms with Crippen LogP contribution < -0.4 is 0 Å². The van der Waals surface area contributed by atoms with E-state index in [1.165, 1.54) is 12.8 Å². The summed E-state index contributed by atoms with van der Waals surface area (Å²) in [5, 5.41) is 9.24. The smallest absolute Gasteiger partial charge is 0.125 e. The van der Waals surface area contributed by atoms with Gasteiger partial charge in [0.25, 0.3) is 0 Å². The topological polar surface area (TPSA) is 26.7 Å². The van der Waals surface area contributed by atoms with Crippen molar-refractivity contribution >= 4 is 0 Å². The third-order valence-corrected chi connectivity index (χ3v) is 2.09. The molecule has 1 aliphatic heterocycles. The summed E-state index contributed by atoms with van der Waals surface area (Å²) in [6.07, 6.45) is 6.06. The Bertz CT molecular complexity index is 157. The van der Waals surface area contributed by atoms with Crippen molar-refractivity contribution in [3.05, 3.63) is 12.4 Å². The highest BCUT2D eigenvalue weighted by atomic mass is 16.3. The third-order valence-electron chi connectivity index (χ3n) is 2.09. The lowest BCUT2D eigenvalue weighted by Gasteiger charge is -2.23. The standard InChI is InChI=1S/C9H18N2O/c1-3-4-5-10-6-7-11(8-10)9(2)12/h6-7,9,12H,3-5,8H2,1-2H3. The van der Waals surface area contributed by atoms with Gasteiger partial charge in [-0.05, 0) is 13.3 Å². The molecule has 3 heteroatoms. The summed E-state index contributed by atoms with van der Waals surface area (Å²) in [7, 11) is 0. The van der Waals surface area contributed by atoms with Crippen molar-refractivity contribution in [2.45, 2.75) is 32.9 Å². The predicted octanol–water partition coefficient (Wildman–Crippen LogP) is 1.17. The average molecular weight is 170 g/mol. The number of nitrogens with zero attached hydrogens (tertiary/aromatic N) is 2. The zero-order chi connectivity index (χ0) is 8.97. The van der Waals surface area contributed by atoms with Crippen LogP contribution >= 0.6 is 0 Å². The summed E-state index contributed by atoms with van der Waals surface area (Å²) in [5.41, 5.74) is 0. The van der Waals surface area contributed by atoms with E-state index >= 15 is 0 Å². The van der Waals surface area contributed by atoms with Gasteiger partial charge in [-0.3, -0.25) is 0 Å². The molecule has 3 nitrogen and oxygen atoms in total. The highest BCUT2D eigenvalue weighted by Gasteiger charge is 2.14. The van der Waals surface area contributed by atoms with Gasteiger partial charge in [0.1, 0.15) is 6.23 Å². The first-order valence-electron chi connectivity index (χ1n) is 4.60. The number of aliphatic hydroxyl groups excluding tert-OH is 1. The largest absolute Gasteiger partial charge is 0.374 e. The van der Waals surface area contributed by atoms with Crippen LogP contribution in [0.3, 0.4) is 0 Å². The molecule has 0 fully saturated rings. The van der Waals surface area contributed by atoms with Crippen LogP contribution in [0.1, 0.15) is 26.7 Å². The molecule has 70 valence electrons. The molecular weight excluding hydrogens is 152 g/mol. The Morgan fingerprint density at radius 3 is 2.75 bits per heavy atom. The molecule has 1 N–H and O–H groups in total. The van der Waals surface area contributed by atoms with E-state index in [0.717, 1.165) is 13.2 Å². The molecule has 0 aromatic carbocycles. The highest BCUT2D eigenvalue weighted by molar-refractivity contribution is 4.90. The van der Waals surface area contributed by atoms with Gasteiger partial charge in [0.2, 0.25) is 0 Å². The second-order valence-corrected chi connectivity index (χ2v) is 3.25. The van der Waals surface area contributed by atoms with Crippen molar-refractivity contribution < 1.29 is 5.11 Å². The summed E-state index contributed by atoms with van der Waals surface area (Å²) >= 11 is 0. The fourth-order valence-electron chi connectivity index (χ4n) is 1.23. The molecule has 0 bridgehead atoms. The maximum atomic E-state index is 9.24. The third kappa shape index (κ3) is 2.41. The molecule has 0 saturated carbocycles. The lowest BCUT2D eigenvalue weighted by Crippen LogP contribution is -2.32. The first-order chi connectivity index (χ1) is 5.74. The van der Waals surface area contributed by atoms with Crippen LogP contribution in [-0.2, 0) is 0 Å². The van der Waals surface area contributed by atoms with Crippen LogP contribution in [-0.4, -0.2) is 34.3 Å². The Labute approximate surface area is 74.3 Å². The summed E-state index contributed by atoms with van der Waals surface area (Å²) < 4.78 is 0. The van der Waals surface area contributed by atoms with Gasteiger partial charge in [-0.15, -0.1) is 0 Å². The van der Waals surface area contributed by atoms with E-state index in [1.807, 2.05) is 17.3 Å². The van der Waals surface area contributed by atoms with Gasteiger partial charge >= 0.3 is 0 Å². The van der Waals surface area contributed by atoms with Gasteiger partial charge in [0, 0.05) is 18.9 Å². The molecule has 0 amide bonds. The maximum Gasteiger partial charge on any atom is 0.125 e. The molecule has 1 atom stereocenters. The molecule has 0 radical (unpaired) electrons. The van der Waals surface area contributed by atoms with Crippen molar-refractivity contribution in [2.24, 2.45) is 0 Å². The number of unbranched alkanes of at least 4 members (excludes halogenated alkanes) is 1. The van der Waals surface area contributed by atoms with Crippen molar-refractivity contribution in [1.82, 2.24) is 9.80 Å². The van der Waals surface area contributed by atoms with Crippen LogP contribution in [0.2, 0.25) is 0 Å². The average Bonchev–Trinajstić information content (AvgIpc) is 2.48. The van der Waals surface area contributed by atoms with Crippen molar-refractivity contribution in [2.75, 3.05) is 13.2 Å². The second kappa shape index (κ2) is 4.36. The molecule has 0 aromatic heterocycles. The first kappa shape index (κ1) is 9.39.